The highest BCUT2D eigenvalue weighted by Crippen LogP contribution is 2.36. The van der Waals surface area contributed by atoms with Crippen LogP contribution in [-0.4, -0.2) is 60.3 Å². The first-order valence-electron chi connectivity index (χ1n) is 13.3. The zero-order valence-corrected chi connectivity index (χ0v) is 23.3. The van der Waals surface area contributed by atoms with Crippen molar-refractivity contribution in [3.05, 3.63) is 76.3 Å². The number of fused-ring (bicyclic) bond motifs is 1. The lowest BCUT2D eigenvalue weighted by atomic mass is 9.81. The minimum Gasteiger partial charge on any atom is -0.392 e. The lowest BCUT2D eigenvalue weighted by Gasteiger charge is -2.41. The second kappa shape index (κ2) is 10.6. The SMILES string of the molecule is C=C1/C=C2/C(=O)N(c3nccc(-c4cc(Nc5ccnc(C)n5)c(=O)n(C)n4)c3CO)CCN2CCC(C)(C)C1. The maximum Gasteiger partial charge on any atom is 0.290 e. The Morgan fingerprint density at radius 1 is 1.12 bits per heavy atom. The van der Waals surface area contributed by atoms with Crippen LogP contribution in [0.1, 0.15) is 38.1 Å². The average molecular weight is 543 g/mol. The number of carbonyl (C=O) groups is 1. The number of hydrogen-bond acceptors (Lipinski definition) is 9. The molecule has 0 unspecified atom stereocenters. The first-order chi connectivity index (χ1) is 19.1. The number of hydrogen-bond donors (Lipinski definition) is 2. The van der Waals surface area contributed by atoms with Crippen LogP contribution >= 0.6 is 0 Å². The molecule has 2 N–H and O–H groups in total. The van der Waals surface area contributed by atoms with Crippen LogP contribution in [0.25, 0.3) is 11.3 Å². The van der Waals surface area contributed by atoms with E-state index in [2.05, 4.69) is 50.7 Å². The van der Waals surface area contributed by atoms with Gasteiger partial charge in [-0.05, 0) is 49.5 Å². The third-order valence-corrected chi connectivity index (χ3v) is 7.33. The molecule has 0 bridgehead atoms. The average Bonchev–Trinajstić information content (AvgIpc) is 2.90. The third-order valence-electron chi connectivity index (χ3n) is 7.33. The summed E-state index contributed by atoms with van der Waals surface area (Å²) in [5.74, 6) is 1.23. The molecule has 0 radical (unpaired) electrons. The van der Waals surface area contributed by atoms with Crippen molar-refractivity contribution in [2.24, 2.45) is 12.5 Å². The van der Waals surface area contributed by atoms with Crippen LogP contribution in [0.2, 0.25) is 0 Å². The lowest BCUT2D eigenvalue weighted by Crippen LogP contribution is -2.50. The number of nitrogens with one attached hydrogen (secondary N) is 1. The number of allylic oxidation sites excluding steroid dienone is 2. The van der Waals surface area contributed by atoms with Gasteiger partial charge < -0.3 is 15.3 Å². The topological polar surface area (TPSA) is 129 Å². The molecule has 0 aromatic carbocycles. The molecule has 3 aromatic heterocycles. The van der Waals surface area contributed by atoms with Gasteiger partial charge in [0.1, 0.15) is 28.8 Å². The van der Waals surface area contributed by atoms with E-state index in [0.717, 1.165) is 25.0 Å². The molecular weight excluding hydrogens is 508 g/mol. The largest absolute Gasteiger partial charge is 0.392 e. The molecular formula is C29H34N8O3. The summed E-state index contributed by atoms with van der Waals surface area (Å²) in [5, 5.41) is 18.0. The van der Waals surface area contributed by atoms with Crippen molar-refractivity contribution in [2.45, 2.75) is 40.2 Å². The van der Waals surface area contributed by atoms with Gasteiger partial charge in [-0.15, -0.1) is 0 Å². The number of pyridine rings is 1. The van der Waals surface area contributed by atoms with Gasteiger partial charge in [-0.25, -0.2) is 19.6 Å². The van der Waals surface area contributed by atoms with Gasteiger partial charge in [-0.1, -0.05) is 26.0 Å². The van der Waals surface area contributed by atoms with Gasteiger partial charge in [0.15, 0.2) is 0 Å². The summed E-state index contributed by atoms with van der Waals surface area (Å²) >= 11 is 0. The van der Waals surface area contributed by atoms with Gasteiger partial charge in [-0.3, -0.25) is 14.5 Å². The van der Waals surface area contributed by atoms with Crippen molar-refractivity contribution in [2.75, 3.05) is 29.9 Å². The molecule has 1 saturated heterocycles. The predicted octanol–water partition coefficient (Wildman–Crippen LogP) is 3.09. The van der Waals surface area contributed by atoms with E-state index in [1.165, 1.54) is 4.68 Å². The molecule has 2 aliphatic rings. The number of rotatable bonds is 5. The van der Waals surface area contributed by atoms with Gasteiger partial charge in [0.05, 0.1) is 12.3 Å². The molecule has 0 atom stereocenters. The second-order valence-electron chi connectivity index (χ2n) is 11.0. The Labute approximate surface area is 232 Å². The molecule has 40 heavy (non-hydrogen) atoms. The number of nitrogens with zero attached hydrogens (tertiary/aromatic N) is 7. The standard InChI is InChI=1S/C29H34N8O3/c1-18-14-24-28(40)37(13-12-36(24)11-8-29(3,4)16-18)26-21(17-38)20(6-9-31-26)22-15-23(27(39)35(5)34-22)33-25-7-10-30-19(2)32-25/h6-7,9-10,14-15,38H,1,8,11-13,16-17H2,2-5H3,(H,30,32,33)/b24-14-. The summed E-state index contributed by atoms with van der Waals surface area (Å²) in [4.78, 5) is 43.3. The van der Waals surface area contributed by atoms with Crippen LogP contribution in [0.15, 0.2) is 59.3 Å². The van der Waals surface area contributed by atoms with Crippen LogP contribution in [-0.2, 0) is 18.4 Å². The number of amides is 1. The van der Waals surface area contributed by atoms with E-state index in [-0.39, 0.29) is 29.2 Å². The minimum atomic E-state index is -0.371. The molecule has 0 saturated carbocycles. The first kappa shape index (κ1) is 27.2. The van der Waals surface area contributed by atoms with Gasteiger partial charge in [0.25, 0.3) is 11.5 Å². The predicted molar refractivity (Wildman–Crippen MR) is 153 cm³/mol. The van der Waals surface area contributed by atoms with Crippen LogP contribution in [0.3, 0.4) is 0 Å². The van der Waals surface area contributed by atoms with Crippen molar-refractivity contribution in [3.8, 4) is 11.3 Å². The molecule has 11 nitrogen and oxygen atoms in total. The maximum absolute atomic E-state index is 13.8. The van der Waals surface area contributed by atoms with Crippen molar-refractivity contribution in [1.82, 2.24) is 29.6 Å². The highest BCUT2D eigenvalue weighted by Gasteiger charge is 2.35. The number of piperazine rings is 1. The van der Waals surface area contributed by atoms with E-state index in [9.17, 15) is 14.7 Å². The van der Waals surface area contributed by atoms with Gasteiger partial charge in [0, 0.05) is 50.2 Å². The Balaban J connectivity index is 1.53. The molecule has 1 amide bonds. The van der Waals surface area contributed by atoms with Crippen LogP contribution < -0.4 is 15.8 Å². The fraction of sp³-hybridized carbons (Fsp3) is 0.379. The van der Waals surface area contributed by atoms with E-state index in [0.29, 0.717) is 53.1 Å². The van der Waals surface area contributed by atoms with Gasteiger partial charge in [-0.2, -0.15) is 5.10 Å². The highest BCUT2D eigenvalue weighted by atomic mass is 16.3. The summed E-state index contributed by atoms with van der Waals surface area (Å²) in [7, 11) is 1.56. The monoisotopic (exact) mass is 542 g/mol. The van der Waals surface area contributed by atoms with E-state index in [4.69, 9.17) is 0 Å². The number of aliphatic hydroxyl groups is 1. The van der Waals surface area contributed by atoms with Crippen molar-refractivity contribution < 1.29 is 9.90 Å². The number of carbonyl (C=O) groups excluding carboxylic acids is 1. The molecule has 11 heteroatoms. The number of aryl methyl sites for hydroxylation is 2. The molecule has 1 fully saturated rings. The molecule has 5 rings (SSSR count). The van der Waals surface area contributed by atoms with Crippen molar-refractivity contribution >= 4 is 23.2 Å². The maximum atomic E-state index is 13.8. The zero-order chi connectivity index (χ0) is 28.6. The molecule has 3 aromatic rings. The van der Waals surface area contributed by atoms with E-state index in [1.807, 2.05) is 6.08 Å². The van der Waals surface area contributed by atoms with Crippen LogP contribution in [0, 0.1) is 12.3 Å². The summed E-state index contributed by atoms with van der Waals surface area (Å²) < 4.78 is 1.23. The van der Waals surface area contributed by atoms with Gasteiger partial charge >= 0.3 is 0 Å². The minimum absolute atomic E-state index is 0.113. The van der Waals surface area contributed by atoms with Crippen molar-refractivity contribution in [1.29, 1.82) is 0 Å². The summed E-state index contributed by atoms with van der Waals surface area (Å²) in [6.07, 6.45) is 6.85. The molecule has 5 heterocycles. The van der Waals surface area contributed by atoms with E-state index >= 15 is 0 Å². The Morgan fingerprint density at radius 2 is 1.90 bits per heavy atom. The van der Waals surface area contributed by atoms with Crippen LogP contribution in [0.4, 0.5) is 17.3 Å². The van der Waals surface area contributed by atoms with Gasteiger partial charge in [0.2, 0.25) is 0 Å². The fourth-order valence-corrected chi connectivity index (χ4v) is 5.29. The molecule has 0 spiro atoms. The lowest BCUT2D eigenvalue weighted by molar-refractivity contribution is -0.118. The Bertz CT molecular complexity index is 1580. The molecule has 208 valence electrons. The highest BCUT2D eigenvalue weighted by molar-refractivity contribution is 6.06. The second-order valence-corrected chi connectivity index (χ2v) is 11.0. The normalized spacial score (nSPS) is 18.5. The quantitative estimate of drug-likeness (QED) is 0.500. The Hall–Kier alpha value is -4.38. The van der Waals surface area contributed by atoms with Crippen LogP contribution in [0.5, 0.6) is 0 Å². The zero-order valence-electron chi connectivity index (χ0n) is 23.3. The van der Waals surface area contributed by atoms with E-state index < -0.39 is 0 Å². The number of anilines is 3. The summed E-state index contributed by atoms with van der Waals surface area (Å²) in [6, 6.07) is 5.00. The number of aliphatic hydroxyl groups excluding tert-OH is 1. The van der Waals surface area contributed by atoms with E-state index in [1.54, 1.807) is 49.5 Å². The number of aromatic nitrogens is 5. The van der Waals surface area contributed by atoms with Crippen molar-refractivity contribution in [3.63, 3.8) is 0 Å². The third kappa shape index (κ3) is 5.37. The summed E-state index contributed by atoms with van der Waals surface area (Å²) in [6.45, 7) is 11.9. The molecule has 2 aliphatic heterocycles. The summed E-state index contributed by atoms with van der Waals surface area (Å²) in [5.41, 5.74) is 3.00. The first-order valence-corrected chi connectivity index (χ1v) is 13.3. The Kier molecular flexibility index (Phi) is 7.24. The smallest absolute Gasteiger partial charge is 0.290 e. The Morgan fingerprint density at radius 3 is 2.65 bits per heavy atom. The fourth-order valence-electron chi connectivity index (χ4n) is 5.29. The molecule has 0 aliphatic carbocycles.